The van der Waals surface area contributed by atoms with Crippen LogP contribution in [0.1, 0.15) is 28.4 Å². The normalized spacial score (nSPS) is 19.9. The maximum absolute atomic E-state index is 13.2. The number of benzene rings is 1. The van der Waals surface area contributed by atoms with Crippen molar-refractivity contribution in [2.75, 3.05) is 12.4 Å². The molecule has 2 atom stereocenters. The lowest BCUT2D eigenvalue weighted by atomic mass is 10.1. The Morgan fingerprint density at radius 2 is 2.14 bits per heavy atom. The predicted octanol–water partition coefficient (Wildman–Crippen LogP) is 1.94. The van der Waals surface area contributed by atoms with Gasteiger partial charge < -0.3 is 10.6 Å². The Balaban J connectivity index is 1.62. The summed E-state index contributed by atoms with van der Waals surface area (Å²) < 4.78 is 13.2. The number of amides is 1. The fraction of sp³-hybridized carbons (Fsp3) is 0.267. The first-order chi connectivity index (χ1) is 10.2. The zero-order chi connectivity index (χ0) is 14.8. The molecule has 0 unspecified atom stereocenters. The van der Waals surface area contributed by atoms with Crippen LogP contribution in [0, 0.1) is 5.82 Å². The van der Waals surface area contributed by atoms with Gasteiger partial charge in [-0.05, 0) is 36.2 Å². The first kappa shape index (κ1) is 13.5. The van der Waals surface area contributed by atoms with Gasteiger partial charge in [-0.3, -0.25) is 4.79 Å². The van der Waals surface area contributed by atoms with Gasteiger partial charge in [0.05, 0.1) is 0 Å². The van der Waals surface area contributed by atoms with Crippen molar-refractivity contribution < 1.29 is 9.18 Å². The van der Waals surface area contributed by atoms with Crippen molar-refractivity contribution in [1.29, 1.82) is 0 Å². The molecule has 1 heterocycles. The predicted molar refractivity (Wildman–Crippen MR) is 76.6 cm³/mol. The summed E-state index contributed by atoms with van der Waals surface area (Å²) in [5, 5.41) is 13.6. The molecule has 0 bridgehead atoms. The summed E-state index contributed by atoms with van der Waals surface area (Å²) in [5.41, 5.74) is 1.27. The molecule has 1 aliphatic rings. The average Bonchev–Trinajstić information content (AvgIpc) is 3.26. The Kier molecular flexibility index (Phi) is 3.51. The van der Waals surface area contributed by atoms with Crippen LogP contribution in [0.2, 0.25) is 0 Å². The topological polar surface area (TPSA) is 66.9 Å². The molecule has 1 aromatic carbocycles. The molecule has 0 saturated heterocycles. The number of carbonyl (C=O) groups excluding carboxylic acids is 1. The molecule has 5 nitrogen and oxygen atoms in total. The first-order valence-electron chi connectivity index (χ1n) is 6.75. The molecule has 108 valence electrons. The fourth-order valence-corrected chi connectivity index (χ4v) is 2.31. The van der Waals surface area contributed by atoms with Crippen LogP contribution in [0.15, 0.2) is 36.4 Å². The van der Waals surface area contributed by atoms with Crippen molar-refractivity contribution in [1.82, 2.24) is 15.5 Å². The summed E-state index contributed by atoms with van der Waals surface area (Å²) >= 11 is 0. The van der Waals surface area contributed by atoms with Crippen LogP contribution >= 0.6 is 0 Å². The van der Waals surface area contributed by atoms with Crippen molar-refractivity contribution in [2.24, 2.45) is 0 Å². The number of hydrogen-bond donors (Lipinski definition) is 2. The van der Waals surface area contributed by atoms with Crippen LogP contribution in [0.3, 0.4) is 0 Å². The lowest BCUT2D eigenvalue weighted by Gasteiger charge is -2.05. The number of nitrogens with one attached hydrogen (secondary N) is 2. The van der Waals surface area contributed by atoms with Crippen LogP contribution in [-0.4, -0.2) is 29.2 Å². The second-order valence-electron chi connectivity index (χ2n) is 5.03. The molecule has 0 spiro atoms. The highest BCUT2D eigenvalue weighted by Gasteiger charge is 2.38. The summed E-state index contributed by atoms with van der Waals surface area (Å²) in [6, 6.07) is 10.2. The van der Waals surface area contributed by atoms with Gasteiger partial charge in [-0.25, -0.2) is 4.39 Å². The fourth-order valence-electron chi connectivity index (χ4n) is 2.31. The number of nitrogens with zero attached hydrogens (tertiary/aromatic N) is 2. The lowest BCUT2D eigenvalue weighted by molar-refractivity contribution is 0.0957. The van der Waals surface area contributed by atoms with E-state index in [-0.39, 0.29) is 23.5 Å². The average molecular weight is 286 g/mol. The minimum Gasteiger partial charge on any atom is -0.365 e. The molecule has 2 N–H and O–H groups in total. The van der Waals surface area contributed by atoms with Gasteiger partial charge in [0.2, 0.25) is 0 Å². The first-order valence-corrected chi connectivity index (χ1v) is 6.75. The maximum atomic E-state index is 13.2. The van der Waals surface area contributed by atoms with E-state index in [1.54, 1.807) is 31.3 Å². The van der Waals surface area contributed by atoms with Gasteiger partial charge in [0.15, 0.2) is 5.69 Å². The van der Waals surface area contributed by atoms with Crippen LogP contribution in [0.25, 0.3) is 0 Å². The van der Waals surface area contributed by atoms with Crippen molar-refractivity contribution in [3.05, 3.63) is 53.5 Å². The zero-order valence-corrected chi connectivity index (χ0v) is 11.5. The molecule has 1 fully saturated rings. The van der Waals surface area contributed by atoms with E-state index < -0.39 is 0 Å². The molecule has 0 aliphatic heterocycles. The SMILES string of the molecule is CNC(=O)c1ccc(N[C@@H]2C[C@H]2c2cccc(F)c2)nn1. The third-order valence-corrected chi connectivity index (χ3v) is 3.52. The molecule has 1 aliphatic carbocycles. The summed E-state index contributed by atoms with van der Waals surface area (Å²) in [4.78, 5) is 11.4. The van der Waals surface area contributed by atoms with Gasteiger partial charge in [0.25, 0.3) is 5.91 Å². The third kappa shape index (κ3) is 2.99. The van der Waals surface area contributed by atoms with E-state index in [4.69, 9.17) is 0 Å². The van der Waals surface area contributed by atoms with Crippen LogP contribution in [0.4, 0.5) is 10.2 Å². The van der Waals surface area contributed by atoms with Crippen molar-refractivity contribution in [3.8, 4) is 0 Å². The Labute approximate surface area is 121 Å². The van der Waals surface area contributed by atoms with Crippen LogP contribution in [0.5, 0.6) is 0 Å². The highest BCUT2D eigenvalue weighted by molar-refractivity contribution is 5.91. The highest BCUT2D eigenvalue weighted by atomic mass is 19.1. The van der Waals surface area contributed by atoms with Crippen molar-refractivity contribution >= 4 is 11.7 Å². The standard InChI is InChI=1S/C15H15FN4O/c1-17-15(21)12-5-6-14(20-19-12)18-13-8-11(13)9-3-2-4-10(16)7-9/h2-7,11,13H,8H2,1H3,(H,17,21)(H,18,20)/t11-,13+/m0/s1. The van der Waals surface area contributed by atoms with Gasteiger partial charge in [-0.2, -0.15) is 0 Å². The largest absolute Gasteiger partial charge is 0.365 e. The second-order valence-corrected chi connectivity index (χ2v) is 5.03. The van der Waals surface area contributed by atoms with E-state index in [0.29, 0.717) is 11.7 Å². The van der Waals surface area contributed by atoms with E-state index >= 15 is 0 Å². The van der Waals surface area contributed by atoms with E-state index in [9.17, 15) is 9.18 Å². The third-order valence-electron chi connectivity index (χ3n) is 3.52. The second kappa shape index (κ2) is 5.47. The van der Waals surface area contributed by atoms with Gasteiger partial charge in [0.1, 0.15) is 11.6 Å². The van der Waals surface area contributed by atoms with Gasteiger partial charge in [-0.15, -0.1) is 10.2 Å². The molecule has 6 heteroatoms. The molecule has 1 saturated carbocycles. The van der Waals surface area contributed by atoms with Gasteiger partial charge in [-0.1, -0.05) is 12.1 Å². The molecule has 21 heavy (non-hydrogen) atoms. The summed E-state index contributed by atoms with van der Waals surface area (Å²) in [6.07, 6.45) is 0.933. The number of carbonyl (C=O) groups is 1. The van der Waals surface area contributed by atoms with Crippen LogP contribution < -0.4 is 10.6 Å². The number of anilines is 1. The summed E-state index contributed by atoms with van der Waals surface area (Å²) in [7, 11) is 1.55. The number of aromatic nitrogens is 2. The Bertz CT molecular complexity index is 659. The monoisotopic (exact) mass is 286 g/mol. The Morgan fingerprint density at radius 3 is 2.81 bits per heavy atom. The number of hydrogen-bond acceptors (Lipinski definition) is 4. The molecule has 0 radical (unpaired) electrons. The van der Waals surface area contributed by atoms with Gasteiger partial charge >= 0.3 is 0 Å². The van der Waals surface area contributed by atoms with E-state index in [1.807, 2.05) is 6.07 Å². The molecule has 3 rings (SSSR count). The Morgan fingerprint density at radius 1 is 1.29 bits per heavy atom. The van der Waals surface area contributed by atoms with E-state index in [1.165, 1.54) is 6.07 Å². The quantitative estimate of drug-likeness (QED) is 0.901. The minimum absolute atomic E-state index is 0.215. The number of halogens is 1. The molecular weight excluding hydrogens is 271 g/mol. The van der Waals surface area contributed by atoms with Crippen LogP contribution in [-0.2, 0) is 0 Å². The Hall–Kier alpha value is -2.50. The summed E-state index contributed by atoms with van der Waals surface area (Å²) in [5.74, 6) is 0.429. The van der Waals surface area contributed by atoms with E-state index in [2.05, 4.69) is 20.8 Å². The number of rotatable bonds is 4. The maximum Gasteiger partial charge on any atom is 0.271 e. The zero-order valence-electron chi connectivity index (χ0n) is 11.5. The lowest BCUT2D eigenvalue weighted by Crippen LogP contribution is -2.20. The van der Waals surface area contributed by atoms with E-state index in [0.717, 1.165) is 12.0 Å². The minimum atomic E-state index is -0.266. The van der Waals surface area contributed by atoms with Gasteiger partial charge in [0, 0.05) is 19.0 Å². The smallest absolute Gasteiger partial charge is 0.271 e. The summed E-state index contributed by atoms with van der Waals surface area (Å²) in [6.45, 7) is 0. The molecule has 1 amide bonds. The molecular formula is C15H15FN4O. The van der Waals surface area contributed by atoms with Crippen molar-refractivity contribution in [2.45, 2.75) is 18.4 Å². The molecule has 2 aromatic rings. The molecule has 1 aromatic heterocycles. The van der Waals surface area contributed by atoms with Crippen molar-refractivity contribution in [3.63, 3.8) is 0 Å². The highest BCUT2D eigenvalue weighted by Crippen LogP contribution is 2.42.